The molecule has 0 aromatic heterocycles. The van der Waals surface area contributed by atoms with E-state index in [4.69, 9.17) is 4.74 Å². The minimum absolute atomic E-state index is 0.430. The molecule has 0 radical (unpaired) electrons. The molecule has 18 heavy (non-hydrogen) atoms. The second-order valence-corrected chi connectivity index (χ2v) is 5.58. The minimum atomic E-state index is -0.534. The van der Waals surface area contributed by atoms with Gasteiger partial charge in [-0.3, -0.25) is 0 Å². The zero-order chi connectivity index (χ0) is 12.4. The fraction of sp³-hybridized carbons (Fsp3) is 0.600. The van der Waals surface area contributed by atoms with Crippen LogP contribution in [0.25, 0.3) is 0 Å². The van der Waals surface area contributed by atoms with E-state index in [9.17, 15) is 5.11 Å². The first-order chi connectivity index (χ1) is 8.77. The Balaban J connectivity index is 1.77. The van der Waals surface area contributed by atoms with Gasteiger partial charge in [0.05, 0.1) is 12.2 Å². The lowest BCUT2D eigenvalue weighted by molar-refractivity contribution is -0.000910. The lowest BCUT2D eigenvalue weighted by Gasteiger charge is -2.37. The Morgan fingerprint density at radius 1 is 1.39 bits per heavy atom. The molecule has 2 heterocycles. The van der Waals surface area contributed by atoms with E-state index in [-0.39, 0.29) is 0 Å². The predicted molar refractivity (Wildman–Crippen MR) is 71.0 cm³/mol. The zero-order valence-corrected chi connectivity index (χ0v) is 10.7. The molecule has 0 aliphatic carbocycles. The quantitative estimate of drug-likeness (QED) is 0.840. The van der Waals surface area contributed by atoms with Crippen molar-refractivity contribution in [1.29, 1.82) is 0 Å². The van der Waals surface area contributed by atoms with E-state index in [2.05, 4.69) is 17.4 Å². The topological polar surface area (TPSA) is 41.5 Å². The smallest absolute Gasteiger partial charge is 0.122 e. The normalized spacial score (nSPS) is 31.5. The summed E-state index contributed by atoms with van der Waals surface area (Å²) in [6.07, 6.45) is 3.85. The van der Waals surface area contributed by atoms with E-state index >= 15 is 0 Å². The van der Waals surface area contributed by atoms with Gasteiger partial charge in [0.1, 0.15) is 5.75 Å². The summed E-state index contributed by atoms with van der Waals surface area (Å²) < 4.78 is 5.68. The highest BCUT2D eigenvalue weighted by atomic mass is 16.5. The Bertz CT molecular complexity index is 413. The maximum absolute atomic E-state index is 10.6. The molecule has 0 saturated carbocycles. The number of para-hydroxylation sites is 1. The Morgan fingerprint density at radius 2 is 2.28 bits per heavy atom. The molecule has 2 unspecified atom stereocenters. The molecule has 0 bridgehead atoms. The number of piperidine rings is 1. The van der Waals surface area contributed by atoms with Crippen LogP contribution in [-0.2, 0) is 0 Å². The second kappa shape index (κ2) is 4.90. The molecule has 1 saturated heterocycles. The maximum Gasteiger partial charge on any atom is 0.122 e. The van der Waals surface area contributed by atoms with Gasteiger partial charge in [0, 0.05) is 6.54 Å². The van der Waals surface area contributed by atoms with Crippen molar-refractivity contribution in [2.75, 3.05) is 19.7 Å². The average molecular weight is 247 g/mol. The Hall–Kier alpha value is -1.06. The molecule has 1 aromatic carbocycles. The Labute approximate surface area is 108 Å². The number of benzene rings is 1. The summed E-state index contributed by atoms with van der Waals surface area (Å²) in [5.41, 5.74) is 0.732. The molecule has 98 valence electrons. The van der Waals surface area contributed by atoms with Gasteiger partial charge in [-0.05, 0) is 49.8 Å². The third-order valence-corrected chi connectivity index (χ3v) is 4.16. The van der Waals surface area contributed by atoms with Crippen LogP contribution in [-0.4, -0.2) is 30.4 Å². The molecule has 3 rings (SSSR count). The largest absolute Gasteiger partial charge is 0.493 e. The van der Waals surface area contributed by atoms with Crippen molar-refractivity contribution < 1.29 is 9.84 Å². The van der Waals surface area contributed by atoms with E-state index in [0.717, 1.165) is 51.1 Å². The van der Waals surface area contributed by atoms with Crippen LogP contribution >= 0.6 is 0 Å². The molecule has 3 nitrogen and oxygen atoms in total. The summed E-state index contributed by atoms with van der Waals surface area (Å²) in [6, 6.07) is 8.24. The van der Waals surface area contributed by atoms with E-state index in [1.54, 1.807) is 0 Å². The molecule has 0 spiro atoms. The third kappa shape index (κ3) is 2.38. The predicted octanol–water partition coefficient (Wildman–Crippen LogP) is 2.06. The number of rotatable bonds is 2. The fourth-order valence-corrected chi connectivity index (χ4v) is 3.21. The number of hydrogen-bond acceptors (Lipinski definition) is 3. The molecule has 2 N–H and O–H groups in total. The van der Waals surface area contributed by atoms with Gasteiger partial charge >= 0.3 is 0 Å². The van der Waals surface area contributed by atoms with Gasteiger partial charge < -0.3 is 15.2 Å². The van der Waals surface area contributed by atoms with Crippen LogP contribution < -0.4 is 10.1 Å². The van der Waals surface area contributed by atoms with Crippen LogP contribution in [0.1, 0.15) is 37.2 Å². The molecule has 0 amide bonds. The average Bonchev–Trinajstić information content (AvgIpc) is 2.40. The number of hydrogen-bond donors (Lipinski definition) is 2. The van der Waals surface area contributed by atoms with Crippen molar-refractivity contribution in [3.05, 3.63) is 29.8 Å². The maximum atomic E-state index is 10.6. The van der Waals surface area contributed by atoms with Crippen LogP contribution in [0.4, 0.5) is 0 Å². The van der Waals surface area contributed by atoms with Crippen LogP contribution in [0.15, 0.2) is 24.3 Å². The summed E-state index contributed by atoms with van der Waals surface area (Å²) in [4.78, 5) is 0. The standard InChI is InChI=1S/C15H21NO2/c17-15(7-3-8-16-11-15)10-12-6-9-18-14-5-2-1-4-13(12)14/h1-2,4-5,12,16-17H,3,6-11H2. The van der Waals surface area contributed by atoms with Crippen LogP contribution in [0.5, 0.6) is 5.75 Å². The Morgan fingerprint density at radius 3 is 3.11 bits per heavy atom. The number of β-amino-alcohol motifs (C(OH)–C–C–N with tert-alkyl or cyclic N) is 1. The van der Waals surface area contributed by atoms with E-state index in [1.165, 1.54) is 5.56 Å². The fourth-order valence-electron chi connectivity index (χ4n) is 3.21. The van der Waals surface area contributed by atoms with Gasteiger partial charge in [0.15, 0.2) is 0 Å². The number of ether oxygens (including phenoxy) is 1. The molecule has 2 atom stereocenters. The molecule has 1 fully saturated rings. The molecule has 3 heteroatoms. The number of aliphatic hydroxyl groups is 1. The van der Waals surface area contributed by atoms with Crippen molar-refractivity contribution in [3.8, 4) is 5.75 Å². The highest BCUT2D eigenvalue weighted by Crippen LogP contribution is 2.39. The Kier molecular flexibility index (Phi) is 3.27. The summed E-state index contributed by atoms with van der Waals surface area (Å²) >= 11 is 0. The second-order valence-electron chi connectivity index (χ2n) is 5.58. The van der Waals surface area contributed by atoms with Crippen LogP contribution in [0.2, 0.25) is 0 Å². The van der Waals surface area contributed by atoms with Gasteiger partial charge in [-0.25, -0.2) is 0 Å². The monoisotopic (exact) mass is 247 g/mol. The first kappa shape index (κ1) is 12.0. The number of nitrogens with one attached hydrogen (secondary N) is 1. The van der Waals surface area contributed by atoms with E-state index in [1.807, 2.05) is 12.1 Å². The lowest BCUT2D eigenvalue weighted by atomic mass is 9.79. The van der Waals surface area contributed by atoms with Crippen molar-refractivity contribution in [2.45, 2.75) is 37.2 Å². The van der Waals surface area contributed by atoms with Crippen molar-refractivity contribution in [2.24, 2.45) is 0 Å². The molecule has 2 aliphatic heterocycles. The van der Waals surface area contributed by atoms with Gasteiger partial charge in [-0.2, -0.15) is 0 Å². The SMILES string of the molecule is OC1(CC2CCOc3ccccc32)CCCNC1. The molecular weight excluding hydrogens is 226 g/mol. The van der Waals surface area contributed by atoms with Gasteiger partial charge in [0.2, 0.25) is 0 Å². The first-order valence-corrected chi connectivity index (χ1v) is 6.92. The lowest BCUT2D eigenvalue weighted by Crippen LogP contribution is -2.46. The first-order valence-electron chi connectivity index (χ1n) is 6.92. The summed E-state index contributed by atoms with van der Waals surface area (Å²) in [7, 11) is 0. The van der Waals surface area contributed by atoms with Gasteiger partial charge in [-0.1, -0.05) is 18.2 Å². The van der Waals surface area contributed by atoms with E-state index in [0.29, 0.717) is 5.92 Å². The van der Waals surface area contributed by atoms with Crippen molar-refractivity contribution >= 4 is 0 Å². The van der Waals surface area contributed by atoms with Crippen LogP contribution in [0.3, 0.4) is 0 Å². The van der Waals surface area contributed by atoms with E-state index < -0.39 is 5.60 Å². The molecular formula is C15H21NO2. The van der Waals surface area contributed by atoms with Gasteiger partial charge in [-0.15, -0.1) is 0 Å². The number of fused-ring (bicyclic) bond motifs is 1. The third-order valence-electron chi connectivity index (χ3n) is 4.16. The van der Waals surface area contributed by atoms with Crippen molar-refractivity contribution in [1.82, 2.24) is 5.32 Å². The van der Waals surface area contributed by atoms with Crippen molar-refractivity contribution in [3.63, 3.8) is 0 Å². The highest BCUT2D eigenvalue weighted by molar-refractivity contribution is 5.38. The summed E-state index contributed by atoms with van der Waals surface area (Å²) in [5, 5.41) is 14.0. The summed E-state index contributed by atoms with van der Waals surface area (Å²) in [6.45, 7) is 2.53. The molecule has 2 aliphatic rings. The molecule has 1 aromatic rings. The van der Waals surface area contributed by atoms with Crippen LogP contribution in [0, 0.1) is 0 Å². The highest BCUT2D eigenvalue weighted by Gasteiger charge is 2.34. The minimum Gasteiger partial charge on any atom is -0.493 e. The van der Waals surface area contributed by atoms with Gasteiger partial charge in [0.25, 0.3) is 0 Å². The summed E-state index contributed by atoms with van der Waals surface area (Å²) in [5.74, 6) is 1.43. The zero-order valence-electron chi connectivity index (χ0n) is 10.7.